The predicted octanol–water partition coefficient (Wildman–Crippen LogP) is 2.75. The SMILES string of the molecule is CCCC(N)c1noc(-c2cc(C)cc([N+](=O)[O-])c2)n1. The zero-order chi connectivity index (χ0) is 14.7. The van der Waals surface area contributed by atoms with E-state index in [0.717, 1.165) is 18.4 Å². The summed E-state index contributed by atoms with van der Waals surface area (Å²) >= 11 is 0. The molecular weight excluding hydrogens is 260 g/mol. The van der Waals surface area contributed by atoms with Crippen LogP contribution in [0.5, 0.6) is 0 Å². The molecule has 0 spiro atoms. The molecule has 0 saturated carbocycles. The molecule has 106 valence electrons. The number of nitro groups is 1. The Morgan fingerprint density at radius 3 is 2.85 bits per heavy atom. The van der Waals surface area contributed by atoms with E-state index in [4.69, 9.17) is 10.3 Å². The maximum Gasteiger partial charge on any atom is 0.270 e. The fraction of sp³-hybridized carbons (Fsp3) is 0.385. The summed E-state index contributed by atoms with van der Waals surface area (Å²) in [7, 11) is 0. The molecule has 1 atom stereocenters. The van der Waals surface area contributed by atoms with Crippen LogP contribution in [0.4, 0.5) is 5.69 Å². The molecule has 20 heavy (non-hydrogen) atoms. The van der Waals surface area contributed by atoms with Crippen LogP contribution in [0.1, 0.15) is 37.2 Å². The van der Waals surface area contributed by atoms with Crippen LogP contribution in [0.25, 0.3) is 11.5 Å². The van der Waals surface area contributed by atoms with Gasteiger partial charge in [0.2, 0.25) is 0 Å². The average molecular weight is 276 g/mol. The summed E-state index contributed by atoms with van der Waals surface area (Å²) in [6, 6.07) is 4.38. The van der Waals surface area contributed by atoms with E-state index >= 15 is 0 Å². The van der Waals surface area contributed by atoms with E-state index in [-0.39, 0.29) is 17.6 Å². The highest BCUT2D eigenvalue weighted by Gasteiger charge is 2.17. The van der Waals surface area contributed by atoms with Gasteiger partial charge in [0, 0.05) is 17.7 Å². The summed E-state index contributed by atoms with van der Waals surface area (Å²) in [4.78, 5) is 14.6. The van der Waals surface area contributed by atoms with E-state index < -0.39 is 4.92 Å². The summed E-state index contributed by atoms with van der Waals surface area (Å²) in [6.07, 6.45) is 1.67. The molecule has 2 rings (SSSR count). The highest BCUT2D eigenvalue weighted by Crippen LogP contribution is 2.25. The van der Waals surface area contributed by atoms with Crippen molar-refractivity contribution in [1.82, 2.24) is 10.1 Å². The third kappa shape index (κ3) is 3.00. The zero-order valence-electron chi connectivity index (χ0n) is 11.4. The Morgan fingerprint density at radius 1 is 1.45 bits per heavy atom. The minimum Gasteiger partial charge on any atom is -0.334 e. The Labute approximate surface area is 115 Å². The van der Waals surface area contributed by atoms with Gasteiger partial charge in [-0.3, -0.25) is 10.1 Å². The highest BCUT2D eigenvalue weighted by molar-refractivity contribution is 5.59. The van der Waals surface area contributed by atoms with Gasteiger partial charge in [-0.25, -0.2) is 0 Å². The molecule has 1 unspecified atom stereocenters. The zero-order valence-corrected chi connectivity index (χ0v) is 11.4. The summed E-state index contributed by atoms with van der Waals surface area (Å²) in [5.74, 6) is 0.671. The van der Waals surface area contributed by atoms with Crippen LogP contribution in [0.3, 0.4) is 0 Å². The Bertz CT molecular complexity index is 624. The number of aryl methyl sites for hydroxylation is 1. The van der Waals surface area contributed by atoms with E-state index in [0.29, 0.717) is 11.4 Å². The van der Waals surface area contributed by atoms with Gasteiger partial charge in [-0.05, 0) is 25.0 Å². The molecule has 0 radical (unpaired) electrons. The van der Waals surface area contributed by atoms with Crippen molar-refractivity contribution in [3.8, 4) is 11.5 Å². The van der Waals surface area contributed by atoms with Crippen LogP contribution in [0.15, 0.2) is 22.7 Å². The molecule has 1 aromatic carbocycles. The first-order chi connectivity index (χ1) is 9.51. The lowest BCUT2D eigenvalue weighted by atomic mass is 10.1. The number of hydrogen-bond donors (Lipinski definition) is 1. The molecule has 2 aromatic rings. The van der Waals surface area contributed by atoms with Crippen LogP contribution in [-0.2, 0) is 0 Å². The fourth-order valence-corrected chi connectivity index (χ4v) is 1.93. The number of nitrogens with two attached hydrogens (primary N) is 1. The van der Waals surface area contributed by atoms with Crippen molar-refractivity contribution < 1.29 is 9.45 Å². The van der Waals surface area contributed by atoms with Crippen molar-refractivity contribution in [3.05, 3.63) is 39.7 Å². The normalized spacial score (nSPS) is 12.3. The van der Waals surface area contributed by atoms with Crippen molar-refractivity contribution in [1.29, 1.82) is 0 Å². The minimum absolute atomic E-state index is 0.00222. The molecule has 0 aliphatic rings. The van der Waals surface area contributed by atoms with Gasteiger partial charge in [-0.1, -0.05) is 18.5 Å². The number of benzene rings is 1. The summed E-state index contributed by atoms with van der Waals surface area (Å²) in [5, 5.41) is 14.7. The third-order valence-corrected chi connectivity index (χ3v) is 2.89. The van der Waals surface area contributed by atoms with Crippen LogP contribution in [-0.4, -0.2) is 15.1 Å². The molecule has 1 heterocycles. The molecule has 0 aliphatic carbocycles. The molecule has 0 fully saturated rings. The van der Waals surface area contributed by atoms with E-state index in [2.05, 4.69) is 10.1 Å². The molecular formula is C13H16N4O3. The van der Waals surface area contributed by atoms with Gasteiger partial charge in [-0.15, -0.1) is 0 Å². The number of nitrogens with zero attached hydrogens (tertiary/aromatic N) is 3. The second-order valence-electron chi connectivity index (χ2n) is 4.67. The van der Waals surface area contributed by atoms with Gasteiger partial charge in [-0.2, -0.15) is 4.98 Å². The second kappa shape index (κ2) is 5.79. The standard InChI is InChI=1S/C13H16N4O3/c1-3-4-11(14)12-15-13(20-16-12)9-5-8(2)6-10(7-9)17(18)19/h5-7,11H,3-4,14H2,1-2H3. The highest BCUT2D eigenvalue weighted by atomic mass is 16.6. The smallest absolute Gasteiger partial charge is 0.270 e. The van der Waals surface area contributed by atoms with Gasteiger partial charge < -0.3 is 10.3 Å². The lowest BCUT2D eigenvalue weighted by molar-refractivity contribution is -0.384. The quantitative estimate of drug-likeness (QED) is 0.664. The van der Waals surface area contributed by atoms with Crippen LogP contribution < -0.4 is 5.73 Å². The third-order valence-electron chi connectivity index (χ3n) is 2.89. The maximum atomic E-state index is 10.9. The number of nitro benzene ring substituents is 1. The monoisotopic (exact) mass is 276 g/mol. The summed E-state index contributed by atoms with van der Waals surface area (Å²) < 4.78 is 5.14. The Hall–Kier alpha value is -2.28. The molecule has 0 aliphatic heterocycles. The van der Waals surface area contributed by atoms with Crippen molar-refractivity contribution in [2.24, 2.45) is 5.73 Å². The second-order valence-corrected chi connectivity index (χ2v) is 4.67. The Balaban J connectivity index is 2.34. The van der Waals surface area contributed by atoms with E-state index in [9.17, 15) is 10.1 Å². The summed E-state index contributed by atoms with van der Waals surface area (Å²) in [5.41, 5.74) is 7.19. The van der Waals surface area contributed by atoms with E-state index in [1.165, 1.54) is 12.1 Å². The van der Waals surface area contributed by atoms with Gasteiger partial charge in [0.05, 0.1) is 11.0 Å². The molecule has 7 nitrogen and oxygen atoms in total. The van der Waals surface area contributed by atoms with Crippen LogP contribution >= 0.6 is 0 Å². The molecule has 2 N–H and O–H groups in total. The molecule has 0 saturated heterocycles. The first-order valence-corrected chi connectivity index (χ1v) is 6.37. The van der Waals surface area contributed by atoms with Crippen LogP contribution in [0, 0.1) is 17.0 Å². The van der Waals surface area contributed by atoms with Crippen molar-refractivity contribution >= 4 is 5.69 Å². The number of aromatic nitrogens is 2. The van der Waals surface area contributed by atoms with Crippen molar-refractivity contribution in [2.75, 3.05) is 0 Å². The summed E-state index contributed by atoms with van der Waals surface area (Å²) in [6.45, 7) is 3.79. The first kappa shape index (κ1) is 14.1. The van der Waals surface area contributed by atoms with E-state index in [1.54, 1.807) is 13.0 Å². The minimum atomic E-state index is -0.448. The molecule has 7 heteroatoms. The number of hydrogen-bond acceptors (Lipinski definition) is 6. The van der Waals surface area contributed by atoms with Crippen molar-refractivity contribution in [3.63, 3.8) is 0 Å². The Kier molecular flexibility index (Phi) is 4.09. The average Bonchev–Trinajstić information content (AvgIpc) is 2.88. The van der Waals surface area contributed by atoms with Crippen LogP contribution in [0.2, 0.25) is 0 Å². The molecule has 0 bridgehead atoms. The van der Waals surface area contributed by atoms with Gasteiger partial charge in [0.1, 0.15) is 0 Å². The largest absolute Gasteiger partial charge is 0.334 e. The Morgan fingerprint density at radius 2 is 2.20 bits per heavy atom. The van der Waals surface area contributed by atoms with Crippen molar-refractivity contribution in [2.45, 2.75) is 32.7 Å². The number of non-ortho nitro benzene ring substituents is 1. The maximum absolute atomic E-state index is 10.9. The lowest BCUT2D eigenvalue weighted by Crippen LogP contribution is -2.11. The topological polar surface area (TPSA) is 108 Å². The fourth-order valence-electron chi connectivity index (χ4n) is 1.93. The van der Waals surface area contributed by atoms with E-state index in [1.807, 2.05) is 6.92 Å². The van der Waals surface area contributed by atoms with Gasteiger partial charge >= 0.3 is 0 Å². The predicted molar refractivity (Wildman–Crippen MR) is 73.0 cm³/mol. The number of rotatable bonds is 5. The lowest BCUT2D eigenvalue weighted by Gasteiger charge is -2.02. The first-order valence-electron chi connectivity index (χ1n) is 6.37. The molecule has 1 aromatic heterocycles. The molecule has 0 amide bonds. The van der Waals surface area contributed by atoms with Gasteiger partial charge in [0.25, 0.3) is 11.6 Å². The van der Waals surface area contributed by atoms with Gasteiger partial charge in [0.15, 0.2) is 5.82 Å².